The van der Waals surface area contributed by atoms with Crippen LogP contribution in [0.15, 0.2) is 6.20 Å². The molecule has 4 heteroatoms. The van der Waals surface area contributed by atoms with Crippen LogP contribution in [0.4, 0.5) is 0 Å². The van der Waals surface area contributed by atoms with Crippen LogP contribution in [0.1, 0.15) is 75.7 Å². The lowest BCUT2D eigenvalue weighted by molar-refractivity contribution is 0.104. The summed E-state index contributed by atoms with van der Waals surface area (Å²) in [5, 5.41) is 3.66. The van der Waals surface area contributed by atoms with Gasteiger partial charge in [-0.3, -0.25) is 0 Å². The van der Waals surface area contributed by atoms with Crippen molar-refractivity contribution in [3.8, 4) is 0 Å². The number of fused-ring (bicyclic) bond motifs is 1. The van der Waals surface area contributed by atoms with Gasteiger partial charge in [-0.15, -0.1) is 0 Å². The Balaban J connectivity index is 1.88. The average Bonchev–Trinajstić information content (AvgIpc) is 2.97. The summed E-state index contributed by atoms with van der Waals surface area (Å²) in [5.74, 6) is 0.887. The lowest BCUT2D eigenvalue weighted by Gasteiger charge is -2.36. The third-order valence-electron chi connectivity index (χ3n) is 4.56. The summed E-state index contributed by atoms with van der Waals surface area (Å²) >= 11 is 0. The molecular weight excluding hydrogens is 262 g/mol. The molecule has 2 unspecified atom stereocenters. The highest BCUT2D eigenvalue weighted by Crippen LogP contribution is 2.40. The minimum atomic E-state index is 0.113. The van der Waals surface area contributed by atoms with Crippen LogP contribution >= 0.6 is 0 Å². The number of ether oxygens (including phenoxy) is 1. The number of hydrogen-bond donors (Lipinski definition) is 1. The van der Waals surface area contributed by atoms with Crippen molar-refractivity contribution in [1.82, 2.24) is 15.3 Å². The van der Waals surface area contributed by atoms with E-state index < -0.39 is 0 Å². The molecule has 116 valence electrons. The topological polar surface area (TPSA) is 47.0 Å². The molecule has 21 heavy (non-hydrogen) atoms. The highest BCUT2D eigenvalue weighted by molar-refractivity contribution is 5.27. The van der Waals surface area contributed by atoms with Crippen molar-refractivity contribution in [2.45, 2.75) is 65.0 Å². The van der Waals surface area contributed by atoms with Gasteiger partial charge in [-0.2, -0.15) is 0 Å². The first kappa shape index (κ1) is 14.9. The van der Waals surface area contributed by atoms with Gasteiger partial charge in [0, 0.05) is 30.1 Å². The summed E-state index contributed by atoms with van der Waals surface area (Å²) in [7, 11) is 0. The molecule has 4 nitrogen and oxygen atoms in total. The summed E-state index contributed by atoms with van der Waals surface area (Å²) in [4.78, 5) is 9.48. The Bertz CT molecular complexity index is 495. The molecule has 2 atom stereocenters. The average molecular weight is 289 g/mol. The Labute approximate surface area is 127 Å². The van der Waals surface area contributed by atoms with Crippen LogP contribution in [-0.2, 0) is 11.2 Å². The zero-order valence-corrected chi connectivity index (χ0v) is 13.5. The zero-order chi connectivity index (χ0) is 14.9. The van der Waals surface area contributed by atoms with Crippen LogP contribution in [0, 0.1) is 5.41 Å². The van der Waals surface area contributed by atoms with E-state index >= 15 is 0 Å². The van der Waals surface area contributed by atoms with Crippen LogP contribution in [0.25, 0.3) is 0 Å². The number of aromatic nitrogens is 2. The number of nitrogens with zero attached hydrogens (tertiary/aromatic N) is 2. The lowest BCUT2D eigenvalue weighted by atomic mass is 9.74. The third kappa shape index (κ3) is 3.27. The molecule has 0 aromatic carbocycles. The molecule has 2 aliphatic rings. The number of nitrogens with one attached hydrogen (secondary N) is 1. The quantitative estimate of drug-likeness (QED) is 0.923. The Morgan fingerprint density at radius 1 is 1.43 bits per heavy atom. The molecule has 1 aromatic heterocycles. The maximum atomic E-state index is 5.73. The summed E-state index contributed by atoms with van der Waals surface area (Å²) in [5.41, 5.74) is 2.81. The molecule has 1 fully saturated rings. The first-order chi connectivity index (χ1) is 10.1. The first-order valence-corrected chi connectivity index (χ1v) is 8.30. The smallest absolute Gasteiger partial charge is 0.157 e. The molecule has 3 rings (SSSR count). The van der Waals surface area contributed by atoms with E-state index in [2.05, 4.69) is 31.1 Å². The molecule has 0 saturated carbocycles. The Morgan fingerprint density at radius 2 is 2.29 bits per heavy atom. The molecule has 1 saturated heterocycles. The Kier molecular flexibility index (Phi) is 4.27. The summed E-state index contributed by atoms with van der Waals surface area (Å²) in [6.07, 6.45) is 7.68. The van der Waals surface area contributed by atoms with Gasteiger partial charge in [0.1, 0.15) is 6.10 Å². The van der Waals surface area contributed by atoms with Crippen molar-refractivity contribution in [2.75, 3.05) is 13.2 Å². The van der Waals surface area contributed by atoms with Gasteiger partial charge in [-0.1, -0.05) is 20.8 Å². The second kappa shape index (κ2) is 6.01. The summed E-state index contributed by atoms with van der Waals surface area (Å²) in [6.45, 7) is 8.78. The SMILES string of the molecule is CCCNC1CC(C)(C)Cc2nc(C3CCCO3)ncc21. The van der Waals surface area contributed by atoms with E-state index in [1.165, 1.54) is 11.3 Å². The van der Waals surface area contributed by atoms with Crippen molar-refractivity contribution in [1.29, 1.82) is 0 Å². The largest absolute Gasteiger partial charge is 0.370 e. The minimum absolute atomic E-state index is 0.113. The summed E-state index contributed by atoms with van der Waals surface area (Å²) < 4.78 is 5.73. The van der Waals surface area contributed by atoms with Gasteiger partial charge in [0.05, 0.1) is 0 Å². The van der Waals surface area contributed by atoms with Gasteiger partial charge in [-0.05, 0) is 44.1 Å². The first-order valence-electron chi connectivity index (χ1n) is 8.30. The van der Waals surface area contributed by atoms with Gasteiger partial charge >= 0.3 is 0 Å². The van der Waals surface area contributed by atoms with Gasteiger partial charge in [0.15, 0.2) is 5.82 Å². The predicted molar refractivity (Wildman–Crippen MR) is 83.1 cm³/mol. The fraction of sp³-hybridized carbons (Fsp3) is 0.765. The molecule has 2 heterocycles. The monoisotopic (exact) mass is 289 g/mol. The minimum Gasteiger partial charge on any atom is -0.370 e. The van der Waals surface area contributed by atoms with E-state index in [0.29, 0.717) is 11.5 Å². The van der Waals surface area contributed by atoms with Crippen LogP contribution in [0.2, 0.25) is 0 Å². The maximum Gasteiger partial charge on any atom is 0.157 e. The molecule has 1 aliphatic heterocycles. The highest BCUT2D eigenvalue weighted by atomic mass is 16.5. The van der Waals surface area contributed by atoms with Gasteiger partial charge < -0.3 is 10.1 Å². The second-order valence-corrected chi connectivity index (χ2v) is 7.18. The van der Waals surface area contributed by atoms with Crippen molar-refractivity contribution in [3.63, 3.8) is 0 Å². The fourth-order valence-electron chi connectivity index (χ4n) is 3.50. The molecule has 0 spiro atoms. The Hall–Kier alpha value is -1.00. The van der Waals surface area contributed by atoms with E-state index in [1.54, 1.807) is 0 Å². The third-order valence-corrected chi connectivity index (χ3v) is 4.56. The van der Waals surface area contributed by atoms with Gasteiger partial charge in [0.25, 0.3) is 0 Å². The Morgan fingerprint density at radius 3 is 3.00 bits per heavy atom. The van der Waals surface area contributed by atoms with E-state index in [9.17, 15) is 0 Å². The van der Waals surface area contributed by atoms with Crippen LogP contribution < -0.4 is 5.32 Å². The molecule has 0 amide bonds. The highest BCUT2D eigenvalue weighted by Gasteiger charge is 2.34. The molecule has 0 bridgehead atoms. The van der Waals surface area contributed by atoms with E-state index in [4.69, 9.17) is 9.72 Å². The molecule has 0 radical (unpaired) electrons. The van der Waals surface area contributed by atoms with E-state index in [-0.39, 0.29) is 6.10 Å². The molecule has 1 N–H and O–H groups in total. The van der Waals surface area contributed by atoms with Crippen molar-refractivity contribution >= 4 is 0 Å². The van der Waals surface area contributed by atoms with E-state index in [0.717, 1.165) is 51.1 Å². The molecule has 1 aliphatic carbocycles. The van der Waals surface area contributed by atoms with Crippen LogP contribution in [0.3, 0.4) is 0 Å². The van der Waals surface area contributed by atoms with Crippen molar-refractivity contribution < 1.29 is 4.74 Å². The van der Waals surface area contributed by atoms with Crippen molar-refractivity contribution in [2.24, 2.45) is 5.41 Å². The number of rotatable bonds is 4. The second-order valence-electron chi connectivity index (χ2n) is 7.18. The van der Waals surface area contributed by atoms with Gasteiger partial charge in [0.2, 0.25) is 0 Å². The predicted octanol–water partition coefficient (Wildman–Crippen LogP) is 3.34. The number of hydrogen-bond acceptors (Lipinski definition) is 4. The fourth-order valence-corrected chi connectivity index (χ4v) is 3.50. The maximum absolute atomic E-state index is 5.73. The van der Waals surface area contributed by atoms with Crippen LogP contribution in [0.5, 0.6) is 0 Å². The molecule has 1 aromatic rings. The standard InChI is InChI=1S/C17H27N3O/c1-4-7-18-13-9-17(2,3)10-14-12(13)11-19-16(20-14)15-6-5-8-21-15/h11,13,15,18H,4-10H2,1-3H3. The van der Waals surface area contributed by atoms with Crippen LogP contribution in [-0.4, -0.2) is 23.1 Å². The lowest BCUT2D eigenvalue weighted by Crippen LogP contribution is -2.34. The van der Waals surface area contributed by atoms with Crippen molar-refractivity contribution in [3.05, 3.63) is 23.3 Å². The normalized spacial score (nSPS) is 27.6. The van der Waals surface area contributed by atoms with E-state index in [1.807, 2.05) is 6.20 Å². The van der Waals surface area contributed by atoms with Gasteiger partial charge in [-0.25, -0.2) is 9.97 Å². The zero-order valence-electron chi connectivity index (χ0n) is 13.5. The summed E-state index contributed by atoms with van der Waals surface area (Å²) in [6, 6.07) is 0.391. The molecular formula is C17H27N3O.